The van der Waals surface area contributed by atoms with Gasteiger partial charge in [-0.2, -0.15) is 5.10 Å². The van der Waals surface area contributed by atoms with E-state index in [0.29, 0.717) is 12.1 Å². The summed E-state index contributed by atoms with van der Waals surface area (Å²) >= 11 is 0. The first-order valence-corrected chi connectivity index (χ1v) is 7.79. The zero-order valence-electron chi connectivity index (χ0n) is 12.0. The highest BCUT2D eigenvalue weighted by molar-refractivity contribution is 5.37. The van der Waals surface area contributed by atoms with E-state index in [1.807, 2.05) is 12.1 Å². The number of piperidine rings is 1. The molecule has 0 amide bonds. The fourth-order valence-corrected chi connectivity index (χ4v) is 3.08. The van der Waals surface area contributed by atoms with Crippen LogP contribution in [-0.4, -0.2) is 48.6 Å². The highest BCUT2D eigenvalue weighted by Crippen LogP contribution is 2.17. The van der Waals surface area contributed by atoms with Crippen LogP contribution in [0.5, 0.6) is 0 Å². The van der Waals surface area contributed by atoms with Crippen LogP contribution in [0.25, 0.3) is 0 Å². The van der Waals surface area contributed by atoms with Crippen molar-refractivity contribution in [1.29, 1.82) is 0 Å². The maximum atomic E-state index is 5.78. The van der Waals surface area contributed by atoms with Gasteiger partial charge < -0.3 is 15.0 Å². The summed E-state index contributed by atoms with van der Waals surface area (Å²) in [6, 6.07) is 4.53. The monoisotopic (exact) mass is 276 g/mol. The second kappa shape index (κ2) is 6.99. The first kappa shape index (κ1) is 13.8. The van der Waals surface area contributed by atoms with E-state index in [1.165, 1.54) is 32.1 Å². The van der Waals surface area contributed by atoms with Crippen LogP contribution in [0.2, 0.25) is 0 Å². The first-order valence-electron chi connectivity index (χ1n) is 7.79. The van der Waals surface area contributed by atoms with Crippen molar-refractivity contribution in [1.82, 2.24) is 15.5 Å². The molecule has 0 aromatic carbocycles. The Balaban J connectivity index is 1.48. The number of nitrogens with one attached hydrogen (secondary N) is 1. The third kappa shape index (κ3) is 3.67. The minimum atomic E-state index is 0.413. The van der Waals surface area contributed by atoms with Crippen LogP contribution in [0.1, 0.15) is 32.1 Å². The number of ether oxygens (including phenoxy) is 1. The second-order valence-corrected chi connectivity index (χ2v) is 5.76. The van der Waals surface area contributed by atoms with Gasteiger partial charge in [-0.3, -0.25) is 0 Å². The summed E-state index contributed by atoms with van der Waals surface area (Å²) in [5.41, 5.74) is 0. The lowest BCUT2D eigenvalue weighted by atomic mass is 10.0. The molecule has 3 heterocycles. The van der Waals surface area contributed by atoms with Crippen LogP contribution in [0.3, 0.4) is 0 Å². The molecule has 5 heteroatoms. The first-order chi connectivity index (χ1) is 9.92. The highest BCUT2D eigenvalue weighted by Gasteiger charge is 2.22. The molecule has 1 aromatic heterocycles. The molecule has 0 saturated carbocycles. The summed E-state index contributed by atoms with van der Waals surface area (Å²) in [6.45, 7) is 4.02. The van der Waals surface area contributed by atoms with Crippen LogP contribution in [0.15, 0.2) is 18.3 Å². The van der Waals surface area contributed by atoms with Gasteiger partial charge in [-0.25, -0.2) is 0 Å². The fraction of sp³-hybridized carbons (Fsp3) is 0.733. The zero-order valence-corrected chi connectivity index (χ0v) is 12.0. The largest absolute Gasteiger partial charge is 0.377 e. The molecule has 2 fully saturated rings. The minimum Gasteiger partial charge on any atom is -0.377 e. The molecule has 1 N–H and O–H groups in total. The number of hydrogen-bond donors (Lipinski definition) is 1. The molecule has 110 valence electrons. The zero-order chi connectivity index (χ0) is 13.6. The lowest BCUT2D eigenvalue weighted by Crippen LogP contribution is -2.48. The summed E-state index contributed by atoms with van der Waals surface area (Å²) in [5.74, 6) is 0.993. The maximum absolute atomic E-state index is 5.78. The molecule has 1 aromatic rings. The van der Waals surface area contributed by atoms with Gasteiger partial charge in [0.15, 0.2) is 5.82 Å². The average molecular weight is 276 g/mol. The summed E-state index contributed by atoms with van der Waals surface area (Å²) in [6.07, 6.45) is 8.32. The molecular formula is C15H24N4O. The molecule has 0 aliphatic carbocycles. The summed E-state index contributed by atoms with van der Waals surface area (Å²) in [5, 5.41) is 11.9. The van der Waals surface area contributed by atoms with Crippen molar-refractivity contribution < 1.29 is 4.74 Å². The van der Waals surface area contributed by atoms with E-state index in [2.05, 4.69) is 20.4 Å². The van der Waals surface area contributed by atoms with E-state index < -0.39 is 0 Å². The van der Waals surface area contributed by atoms with Gasteiger partial charge in [0.25, 0.3) is 0 Å². The van der Waals surface area contributed by atoms with Crippen LogP contribution >= 0.6 is 0 Å². The summed E-state index contributed by atoms with van der Waals surface area (Å²) < 4.78 is 5.78. The molecule has 3 rings (SSSR count). The van der Waals surface area contributed by atoms with Crippen molar-refractivity contribution >= 4 is 5.82 Å². The highest BCUT2D eigenvalue weighted by atomic mass is 16.5. The molecule has 5 nitrogen and oxygen atoms in total. The third-order valence-corrected chi connectivity index (χ3v) is 4.21. The standard InChI is InChI=1S/C15H24N4O/c1-2-10-20-14(6-1)11-16-13-5-4-9-19(12-13)15-7-3-8-17-18-15/h3,7-8,13-14,16H,1-2,4-6,9-12H2/t13-,14+/m1/s1. The number of aromatic nitrogens is 2. The molecule has 20 heavy (non-hydrogen) atoms. The van der Waals surface area contributed by atoms with Gasteiger partial charge >= 0.3 is 0 Å². The quantitative estimate of drug-likeness (QED) is 0.905. The smallest absolute Gasteiger partial charge is 0.151 e. The number of hydrogen-bond acceptors (Lipinski definition) is 5. The van der Waals surface area contributed by atoms with Crippen LogP contribution in [0.4, 0.5) is 5.82 Å². The van der Waals surface area contributed by atoms with Gasteiger partial charge in [-0.15, -0.1) is 5.10 Å². The van der Waals surface area contributed by atoms with Crippen molar-refractivity contribution in [2.24, 2.45) is 0 Å². The Morgan fingerprint density at radius 1 is 1.30 bits per heavy atom. The summed E-state index contributed by atoms with van der Waals surface area (Å²) in [7, 11) is 0. The van der Waals surface area contributed by atoms with E-state index in [-0.39, 0.29) is 0 Å². The number of anilines is 1. The Morgan fingerprint density at radius 2 is 2.30 bits per heavy atom. The molecule has 2 atom stereocenters. The van der Waals surface area contributed by atoms with Crippen molar-refractivity contribution in [2.45, 2.75) is 44.2 Å². The van der Waals surface area contributed by atoms with Gasteiger partial charge in [0.05, 0.1) is 6.10 Å². The predicted octanol–water partition coefficient (Wildman–Crippen LogP) is 1.60. The normalized spacial score (nSPS) is 27.5. The Kier molecular flexibility index (Phi) is 4.82. The van der Waals surface area contributed by atoms with Crippen LogP contribution < -0.4 is 10.2 Å². The van der Waals surface area contributed by atoms with E-state index in [4.69, 9.17) is 4.74 Å². The van der Waals surface area contributed by atoms with Crippen LogP contribution in [0, 0.1) is 0 Å². The topological polar surface area (TPSA) is 50.3 Å². The SMILES string of the molecule is c1cnnc(N2CCC[C@@H](NC[C@@H]3CCCCO3)C2)c1. The Bertz CT molecular complexity index is 394. The van der Waals surface area contributed by atoms with Gasteiger partial charge in [-0.05, 0) is 44.2 Å². The predicted molar refractivity (Wildman–Crippen MR) is 78.9 cm³/mol. The molecule has 2 saturated heterocycles. The van der Waals surface area contributed by atoms with E-state index >= 15 is 0 Å². The molecule has 2 aliphatic heterocycles. The molecule has 0 bridgehead atoms. The third-order valence-electron chi connectivity index (χ3n) is 4.21. The van der Waals surface area contributed by atoms with Crippen molar-refractivity contribution in [3.8, 4) is 0 Å². The Hall–Kier alpha value is -1.20. The number of rotatable bonds is 4. The van der Waals surface area contributed by atoms with Gasteiger partial charge in [0, 0.05) is 38.5 Å². The fourth-order valence-electron chi connectivity index (χ4n) is 3.08. The maximum Gasteiger partial charge on any atom is 0.151 e. The van der Waals surface area contributed by atoms with Gasteiger partial charge in [0.2, 0.25) is 0 Å². The molecule has 0 unspecified atom stereocenters. The van der Waals surface area contributed by atoms with E-state index in [1.54, 1.807) is 6.20 Å². The lowest BCUT2D eigenvalue weighted by molar-refractivity contribution is 0.0151. The molecular weight excluding hydrogens is 252 g/mol. The second-order valence-electron chi connectivity index (χ2n) is 5.76. The van der Waals surface area contributed by atoms with Gasteiger partial charge in [0.1, 0.15) is 0 Å². The average Bonchev–Trinajstić information content (AvgIpc) is 2.55. The molecule has 2 aliphatic rings. The van der Waals surface area contributed by atoms with Crippen molar-refractivity contribution in [3.05, 3.63) is 18.3 Å². The number of nitrogens with zero attached hydrogens (tertiary/aromatic N) is 3. The van der Waals surface area contributed by atoms with Gasteiger partial charge in [-0.1, -0.05) is 0 Å². The molecule has 0 spiro atoms. The van der Waals surface area contributed by atoms with E-state index in [9.17, 15) is 0 Å². The van der Waals surface area contributed by atoms with Crippen molar-refractivity contribution in [2.75, 3.05) is 31.1 Å². The Labute approximate surface area is 120 Å². The molecule has 0 radical (unpaired) electrons. The summed E-state index contributed by atoms with van der Waals surface area (Å²) in [4.78, 5) is 2.33. The van der Waals surface area contributed by atoms with Crippen LogP contribution in [-0.2, 0) is 4.74 Å². The van der Waals surface area contributed by atoms with E-state index in [0.717, 1.165) is 32.1 Å². The minimum absolute atomic E-state index is 0.413. The van der Waals surface area contributed by atoms with Crippen molar-refractivity contribution in [3.63, 3.8) is 0 Å². The lowest BCUT2D eigenvalue weighted by Gasteiger charge is -2.35. The Morgan fingerprint density at radius 3 is 3.10 bits per heavy atom.